The molecule has 5 nitrogen and oxygen atoms in total. The van der Waals surface area contributed by atoms with Crippen molar-refractivity contribution in [2.24, 2.45) is 5.92 Å². The largest absolute Gasteiger partial charge is 0.462 e. The van der Waals surface area contributed by atoms with Crippen LogP contribution in [0.15, 0.2) is 0 Å². The van der Waals surface area contributed by atoms with Crippen molar-refractivity contribution < 1.29 is 24.2 Å². The smallest absolute Gasteiger partial charge is 0.306 e. The average molecular weight is 541 g/mol. The van der Waals surface area contributed by atoms with Crippen molar-refractivity contribution in [3.05, 3.63) is 0 Å². The third kappa shape index (κ3) is 26.5. The van der Waals surface area contributed by atoms with Gasteiger partial charge < -0.3 is 14.6 Å². The van der Waals surface area contributed by atoms with Crippen molar-refractivity contribution in [1.82, 2.24) is 0 Å². The first-order valence-electron chi connectivity index (χ1n) is 16.5. The second-order valence-corrected chi connectivity index (χ2v) is 11.5. The van der Waals surface area contributed by atoms with Crippen LogP contribution in [0.5, 0.6) is 0 Å². The Morgan fingerprint density at radius 3 is 1.47 bits per heavy atom. The Bertz CT molecular complexity index is 522. The molecule has 1 unspecified atom stereocenters. The van der Waals surface area contributed by atoms with Crippen molar-refractivity contribution in [3.8, 4) is 0 Å². The van der Waals surface area contributed by atoms with Gasteiger partial charge in [-0.05, 0) is 18.8 Å². The fourth-order valence-electron chi connectivity index (χ4n) is 4.76. The third-order valence-corrected chi connectivity index (χ3v) is 7.69. The Labute approximate surface area is 236 Å². The zero-order valence-corrected chi connectivity index (χ0v) is 25.6. The second kappa shape index (κ2) is 28.9. The van der Waals surface area contributed by atoms with Crippen LogP contribution in [0.4, 0.5) is 0 Å². The Morgan fingerprint density at radius 2 is 1.03 bits per heavy atom. The summed E-state index contributed by atoms with van der Waals surface area (Å²) in [5.74, 6) is 0.292. The minimum atomic E-state index is -0.760. The molecule has 0 saturated carbocycles. The number of carbonyl (C=O) groups excluding carboxylic acids is 2. The van der Waals surface area contributed by atoms with Gasteiger partial charge in [-0.2, -0.15) is 0 Å². The maximum Gasteiger partial charge on any atom is 0.306 e. The third-order valence-electron chi connectivity index (χ3n) is 7.69. The maximum atomic E-state index is 12.1. The number of aliphatic hydroxyl groups is 1. The highest BCUT2D eigenvalue weighted by molar-refractivity contribution is 5.70. The molecule has 0 bridgehead atoms. The first-order chi connectivity index (χ1) is 18.5. The van der Waals surface area contributed by atoms with Crippen molar-refractivity contribution in [3.63, 3.8) is 0 Å². The number of hydrogen-bond acceptors (Lipinski definition) is 5. The van der Waals surface area contributed by atoms with Gasteiger partial charge in [0.05, 0.1) is 6.61 Å². The van der Waals surface area contributed by atoms with Gasteiger partial charge in [-0.15, -0.1) is 0 Å². The van der Waals surface area contributed by atoms with Gasteiger partial charge in [0.15, 0.2) is 6.10 Å². The van der Waals surface area contributed by atoms with Crippen LogP contribution in [-0.2, 0) is 19.1 Å². The van der Waals surface area contributed by atoms with Crippen LogP contribution in [0.3, 0.4) is 0 Å². The Kier molecular flexibility index (Phi) is 28.1. The minimum Gasteiger partial charge on any atom is -0.462 e. The van der Waals surface area contributed by atoms with Crippen molar-refractivity contribution in [2.45, 2.75) is 181 Å². The van der Waals surface area contributed by atoms with Gasteiger partial charge in [-0.25, -0.2) is 0 Å². The topological polar surface area (TPSA) is 72.8 Å². The zero-order chi connectivity index (χ0) is 28.1. The Morgan fingerprint density at radius 1 is 0.605 bits per heavy atom. The molecule has 2 atom stereocenters. The quantitative estimate of drug-likeness (QED) is 0.0755. The lowest BCUT2D eigenvalue weighted by Crippen LogP contribution is -2.28. The highest BCUT2D eigenvalue weighted by atomic mass is 16.6. The van der Waals surface area contributed by atoms with Crippen LogP contribution < -0.4 is 0 Å². The van der Waals surface area contributed by atoms with Gasteiger partial charge in [0.2, 0.25) is 0 Å². The number of ether oxygens (including phenoxy) is 2. The molecule has 0 spiro atoms. The molecule has 0 aromatic carbocycles. The van der Waals surface area contributed by atoms with Crippen LogP contribution >= 0.6 is 0 Å². The number of aliphatic hydroxyl groups excluding tert-OH is 1. The first-order valence-corrected chi connectivity index (χ1v) is 16.5. The van der Waals surface area contributed by atoms with Crippen LogP contribution in [0.2, 0.25) is 0 Å². The summed E-state index contributed by atoms with van der Waals surface area (Å²) in [6.07, 6.45) is 27.2. The highest BCUT2D eigenvalue weighted by Gasteiger charge is 2.16. The normalized spacial score (nSPS) is 12.8. The summed E-state index contributed by atoms with van der Waals surface area (Å²) in [6.45, 7) is 6.48. The highest BCUT2D eigenvalue weighted by Crippen LogP contribution is 2.16. The maximum absolute atomic E-state index is 12.1. The van der Waals surface area contributed by atoms with Crippen LogP contribution in [0.25, 0.3) is 0 Å². The molecule has 1 N–H and O–H groups in total. The summed E-state index contributed by atoms with van der Waals surface area (Å²) >= 11 is 0. The molecule has 38 heavy (non-hydrogen) atoms. The zero-order valence-electron chi connectivity index (χ0n) is 25.6. The molecule has 0 aliphatic heterocycles. The van der Waals surface area contributed by atoms with E-state index in [2.05, 4.69) is 20.8 Å². The molecule has 0 fully saturated rings. The van der Waals surface area contributed by atoms with E-state index < -0.39 is 6.10 Å². The average Bonchev–Trinajstić information content (AvgIpc) is 2.92. The number of esters is 2. The number of hydrogen-bond donors (Lipinski definition) is 1. The van der Waals surface area contributed by atoms with Gasteiger partial charge in [-0.1, -0.05) is 149 Å². The minimum absolute atomic E-state index is 0.0591. The summed E-state index contributed by atoms with van der Waals surface area (Å²) in [4.78, 5) is 24.0. The predicted molar refractivity (Wildman–Crippen MR) is 159 cm³/mol. The molecule has 0 rings (SSSR count). The molecule has 0 saturated heterocycles. The Hall–Kier alpha value is -1.10. The summed E-state index contributed by atoms with van der Waals surface area (Å²) in [5.41, 5.74) is 0. The second-order valence-electron chi connectivity index (χ2n) is 11.5. The molecule has 0 aromatic heterocycles. The van der Waals surface area contributed by atoms with E-state index in [1.807, 2.05) is 0 Å². The molecule has 226 valence electrons. The molecule has 0 heterocycles. The number of carbonyl (C=O) groups is 2. The van der Waals surface area contributed by atoms with Crippen LogP contribution in [0.1, 0.15) is 175 Å². The van der Waals surface area contributed by atoms with Gasteiger partial charge in [-0.3, -0.25) is 9.59 Å². The van der Waals surface area contributed by atoms with E-state index in [4.69, 9.17) is 9.47 Å². The summed E-state index contributed by atoms with van der Waals surface area (Å²) in [5, 5.41) is 9.48. The predicted octanol–water partition coefficient (Wildman–Crippen LogP) is 9.47. The van der Waals surface area contributed by atoms with E-state index in [0.29, 0.717) is 12.8 Å². The van der Waals surface area contributed by atoms with Gasteiger partial charge in [0.25, 0.3) is 0 Å². The van der Waals surface area contributed by atoms with E-state index >= 15 is 0 Å². The number of unbranched alkanes of at least 4 members (excludes halogenated alkanes) is 18. The first kappa shape index (κ1) is 36.9. The monoisotopic (exact) mass is 540 g/mol. The SMILES string of the molecule is CCCCCCCCCCCCC(=O)OC[C@H](CO)OC(=O)CCCCCCCCCCCCC(C)CC. The van der Waals surface area contributed by atoms with Crippen molar-refractivity contribution in [1.29, 1.82) is 0 Å². The molecule has 0 radical (unpaired) electrons. The van der Waals surface area contributed by atoms with Crippen molar-refractivity contribution in [2.75, 3.05) is 13.2 Å². The van der Waals surface area contributed by atoms with E-state index in [1.165, 1.54) is 103 Å². The lowest BCUT2D eigenvalue weighted by molar-refractivity contribution is -0.161. The van der Waals surface area contributed by atoms with E-state index in [0.717, 1.165) is 44.4 Å². The number of rotatable bonds is 29. The van der Waals surface area contributed by atoms with Crippen molar-refractivity contribution >= 4 is 11.9 Å². The van der Waals surface area contributed by atoms with Crippen LogP contribution in [-0.4, -0.2) is 36.4 Å². The fourth-order valence-corrected chi connectivity index (χ4v) is 4.76. The molecule has 0 aromatic rings. The molecule has 0 aliphatic rings. The summed E-state index contributed by atoms with van der Waals surface area (Å²) in [6, 6.07) is 0. The molecular weight excluding hydrogens is 476 g/mol. The Balaban J connectivity index is 3.56. The van der Waals surface area contributed by atoms with Gasteiger partial charge in [0.1, 0.15) is 6.61 Å². The lowest BCUT2D eigenvalue weighted by Gasteiger charge is -2.15. The van der Waals surface area contributed by atoms with Crippen LogP contribution in [0, 0.1) is 5.92 Å². The molecular formula is C33H64O5. The van der Waals surface area contributed by atoms with Gasteiger partial charge >= 0.3 is 11.9 Å². The standard InChI is InChI=1S/C33H64O5/c1-4-6-7-8-9-10-14-17-20-23-26-32(35)37-29-31(28-34)38-33(36)27-24-21-18-15-12-11-13-16-19-22-25-30(3)5-2/h30-31,34H,4-29H2,1-3H3/t30?,31-/m0/s1. The van der Waals surface area contributed by atoms with E-state index in [9.17, 15) is 14.7 Å². The molecule has 0 aliphatic carbocycles. The van der Waals surface area contributed by atoms with E-state index in [-0.39, 0.29) is 25.2 Å². The lowest BCUT2D eigenvalue weighted by atomic mass is 9.99. The van der Waals surface area contributed by atoms with E-state index in [1.54, 1.807) is 0 Å². The summed E-state index contributed by atoms with van der Waals surface area (Å²) in [7, 11) is 0. The molecule has 5 heteroatoms. The molecule has 0 amide bonds. The van der Waals surface area contributed by atoms with Gasteiger partial charge in [0, 0.05) is 12.8 Å². The summed E-state index contributed by atoms with van der Waals surface area (Å²) < 4.78 is 10.5. The fraction of sp³-hybridized carbons (Fsp3) is 0.939.